The number of hydrogen-bond acceptors (Lipinski definition) is 15. The number of aliphatic imine (C=N–C) groups is 2. The lowest BCUT2D eigenvalue weighted by molar-refractivity contribution is -0.275. The number of carbonyl (C=O) groups excluding carboxylic acids is 4. The molecule has 2 aliphatic rings. The Morgan fingerprint density at radius 2 is 1.17 bits per heavy atom. The first kappa shape index (κ1) is 61.6. The number of amides is 4. The summed E-state index contributed by atoms with van der Waals surface area (Å²) in [5, 5.41) is 8.00. The van der Waals surface area contributed by atoms with Crippen LogP contribution in [0, 0.1) is 6.92 Å². The number of hydrogen-bond donors (Lipinski definition) is 0. The van der Waals surface area contributed by atoms with Gasteiger partial charge in [-0.3, -0.25) is 19.4 Å². The molecule has 2 fully saturated rings. The summed E-state index contributed by atoms with van der Waals surface area (Å²) in [4.78, 5) is 76.1. The van der Waals surface area contributed by atoms with Crippen LogP contribution in [0.25, 0.3) is 34.2 Å². The third kappa shape index (κ3) is 14.8. The molecule has 2 saturated heterocycles. The van der Waals surface area contributed by atoms with Crippen LogP contribution in [0.5, 0.6) is 17.2 Å². The second-order valence-electron chi connectivity index (χ2n) is 19.9. The zero-order valence-electron chi connectivity index (χ0n) is 47.4. The fourth-order valence-electron chi connectivity index (χ4n) is 9.59. The van der Waals surface area contributed by atoms with Gasteiger partial charge in [-0.1, -0.05) is 103 Å². The van der Waals surface area contributed by atoms with Crippen molar-refractivity contribution in [1.29, 1.82) is 0 Å². The molecule has 19 nitrogen and oxygen atoms in total. The van der Waals surface area contributed by atoms with E-state index in [1.807, 2.05) is 56.3 Å². The van der Waals surface area contributed by atoms with Crippen molar-refractivity contribution in [2.45, 2.75) is 84.1 Å². The lowest BCUT2D eigenvalue weighted by Crippen LogP contribution is -2.33. The minimum absolute atomic E-state index is 0.0225. The predicted octanol–water partition coefficient (Wildman–Crippen LogP) is 13.4. The van der Waals surface area contributed by atoms with Crippen molar-refractivity contribution in [3.05, 3.63) is 174 Å². The van der Waals surface area contributed by atoms with E-state index >= 15 is 0 Å². The maximum Gasteiger partial charge on any atom is 0.573 e. The molecule has 4 amide bonds. The lowest BCUT2D eigenvalue weighted by Gasteiger charge is -2.23. The van der Waals surface area contributed by atoms with Gasteiger partial charge < -0.3 is 23.7 Å². The van der Waals surface area contributed by atoms with Crippen molar-refractivity contribution in [3.8, 4) is 51.4 Å². The molecule has 0 radical (unpaired) electrons. The number of para-hydroxylation sites is 1. The molecular formula is C61H52F6N10O9S2. The number of halogens is 6. The number of aromatic nitrogens is 6. The minimum Gasteiger partial charge on any atom is -0.492 e. The number of nitrogens with zero attached hydrogens (tertiary/aromatic N) is 10. The first-order chi connectivity index (χ1) is 42.1. The lowest BCUT2D eigenvalue weighted by atomic mass is 10.0. The van der Waals surface area contributed by atoms with Crippen LogP contribution in [0.3, 0.4) is 0 Å². The number of amidine groups is 2. The molecule has 4 heterocycles. The number of benzene rings is 6. The number of ether oxygens (including phenoxy) is 5. The summed E-state index contributed by atoms with van der Waals surface area (Å²) in [6.07, 6.45) is -8.90. The van der Waals surface area contributed by atoms with E-state index in [1.165, 1.54) is 80.3 Å². The summed E-state index contributed by atoms with van der Waals surface area (Å²) in [5.74, 6) is -0.651. The average molecular weight is 1250 g/mol. The molecule has 454 valence electrons. The van der Waals surface area contributed by atoms with Gasteiger partial charge in [-0.05, 0) is 123 Å². The minimum atomic E-state index is -4.82. The summed E-state index contributed by atoms with van der Waals surface area (Å²) in [6, 6.07) is 35.3. The molecule has 8 aromatic rings. The Bertz CT molecular complexity index is 3940. The SMILES string of the molecule is CCOc1ccc(C2S/C(=N\C(=O)OC(C)Cc3ccc(-c4ncn(-c5ccc(OC(F)(F)F)cc5)n4)cc3)N(c3c(C)cccc3CC)C2=O)cc1N1C(=O)CS/C1=N\C(=O)OC(C)Cc1ccc(-c2ncn(-c3ccc(OC(F)(F)F)cc3)n2)cc1. The molecular weight excluding hydrogens is 1190 g/mol. The average Bonchev–Trinajstić information content (AvgIpc) is 2.13. The Kier molecular flexibility index (Phi) is 18.4. The van der Waals surface area contributed by atoms with Gasteiger partial charge in [0.05, 0.1) is 35.1 Å². The molecule has 2 aliphatic heterocycles. The number of alkyl halides is 6. The number of rotatable bonds is 18. The van der Waals surface area contributed by atoms with Gasteiger partial charge in [0.2, 0.25) is 5.91 Å². The van der Waals surface area contributed by atoms with Crippen LogP contribution in [-0.2, 0) is 38.3 Å². The van der Waals surface area contributed by atoms with E-state index in [0.29, 0.717) is 51.8 Å². The smallest absolute Gasteiger partial charge is 0.492 e. The summed E-state index contributed by atoms with van der Waals surface area (Å²) in [7, 11) is 0. The maximum atomic E-state index is 14.9. The van der Waals surface area contributed by atoms with Gasteiger partial charge in [-0.25, -0.2) is 28.9 Å². The maximum absolute atomic E-state index is 14.9. The van der Waals surface area contributed by atoms with E-state index in [1.54, 1.807) is 63.2 Å². The summed E-state index contributed by atoms with van der Waals surface area (Å²) < 4.78 is 104. The Balaban J connectivity index is 0.811. The van der Waals surface area contributed by atoms with E-state index in [2.05, 4.69) is 39.6 Å². The van der Waals surface area contributed by atoms with Crippen molar-refractivity contribution < 1.29 is 69.2 Å². The van der Waals surface area contributed by atoms with Crippen LogP contribution in [0.1, 0.15) is 60.8 Å². The van der Waals surface area contributed by atoms with E-state index in [0.717, 1.165) is 45.8 Å². The standard InChI is InChI=1S/C61H52F6N10O9S2/c1-6-40-10-8-9-35(3)51(40)77-55(79)52(88-57(77)71-59(81)84-37(5)30-39-13-17-42(18-14-39)54-69-34-75(73-54)45-22-26-47(27-23-45)86-61(65,66)67)43-19-28-49(82-7-2)48(31-43)76-50(78)32-87-56(76)70-58(80)83-36(4)29-38-11-15-41(16-12-38)53-68-33-74(72-53)44-20-24-46(25-21-44)85-60(62,63)64/h8-28,31,33-34,36-37,52H,6-7,29-30,32H2,1-5H3/b70-56-,71-57-. The predicted molar refractivity (Wildman–Crippen MR) is 317 cm³/mol. The Morgan fingerprint density at radius 3 is 1.66 bits per heavy atom. The van der Waals surface area contributed by atoms with Gasteiger partial charge in [-0.2, -0.15) is 9.98 Å². The second-order valence-corrected chi connectivity index (χ2v) is 21.9. The molecule has 27 heteroatoms. The van der Waals surface area contributed by atoms with E-state index in [9.17, 15) is 45.5 Å². The Morgan fingerprint density at radius 1 is 0.659 bits per heavy atom. The third-order valence-corrected chi connectivity index (χ3v) is 15.6. The molecule has 88 heavy (non-hydrogen) atoms. The fourth-order valence-corrected chi connectivity index (χ4v) is 11.6. The third-order valence-electron chi connectivity index (χ3n) is 13.5. The van der Waals surface area contributed by atoms with Gasteiger partial charge >= 0.3 is 24.9 Å². The quantitative estimate of drug-likeness (QED) is 0.0732. The van der Waals surface area contributed by atoms with E-state index < -0.39 is 54.2 Å². The van der Waals surface area contributed by atoms with Gasteiger partial charge in [0.15, 0.2) is 22.0 Å². The molecule has 3 unspecified atom stereocenters. The molecule has 3 atom stereocenters. The van der Waals surface area contributed by atoms with Crippen LogP contribution >= 0.6 is 23.5 Å². The van der Waals surface area contributed by atoms with Gasteiger partial charge in [-0.15, -0.1) is 36.5 Å². The summed E-state index contributed by atoms with van der Waals surface area (Å²) >= 11 is 2.05. The first-order valence-corrected chi connectivity index (χ1v) is 29.1. The molecule has 10 rings (SSSR count). The Labute approximate surface area is 507 Å². The number of thioether (sulfide) groups is 2. The highest BCUT2D eigenvalue weighted by atomic mass is 32.2. The van der Waals surface area contributed by atoms with Gasteiger partial charge in [0.25, 0.3) is 5.91 Å². The monoisotopic (exact) mass is 1250 g/mol. The van der Waals surface area contributed by atoms with Crippen LogP contribution < -0.4 is 24.0 Å². The van der Waals surface area contributed by atoms with Crippen molar-refractivity contribution in [2.75, 3.05) is 22.2 Å². The first-order valence-electron chi connectivity index (χ1n) is 27.2. The highest BCUT2D eigenvalue weighted by Crippen LogP contribution is 2.47. The van der Waals surface area contributed by atoms with Crippen molar-refractivity contribution in [1.82, 2.24) is 29.5 Å². The summed E-state index contributed by atoms with van der Waals surface area (Å²) in [5.41, 5.74) is 6.62. The Hall–Kier alpha value is -9.50. The molecule has 0 aliphatic carbocycles. The van der Waals surface area contributed by atoms with Gasteiger partial charge in [0, 0.05) is 24.0 Å². The van der Waals surface area contributed by atoms with Crippen molar-refractivity contribution >= 4 is 69.2 Å². The van der Waals surface area contributed by atoms with Crippen LogP contribution in [0.4, 0.5) is 47.3 Å². The topological polar surface area (TPSA) is 207 Å². The highest BCUT2D eigenvalue weighted by Gasteiger charge is 2.43. The molecule has 0 bridgehead atoms. The molecule has 6 aromatic carbocycles. The van der Waals surface area contributed by atoms with Crippen molar-refractivity contribution in [3.63, 3.8) is 0 Å². The van der Waals surface area contributed by atoms with Gasteiger partial charge in [0.1, 0.15) is 47.4 Å². The zero-order chi connectivity index (χ0) is 62.4. The largest absolute Gasteiger partial charge is 0.573 e. The number of aryl methyl sites for hydroxylation is 2. The normalized spacial score (nSPS) is 16.1. The highest BCUT2D eigenvalue weighted by molar-refractivity contribution is 8.16. The van der Waals surface area contributed by atoms with Crippen LogP contribution in [-0.4, -0.2) is 101 Å². The fraction of sp³-hybridized carbons (Fsp3) is 0.246. The van der Waals surface area contributed by atoms with Crippen LogP contribution in [0.2, 0.25) is 0 Å². The molecule has 0 N–H and O–H groups in total. The second kappa shape index (κ2) is 26.2. The van der Waals surface area contributed by atoms with Crippen LogP contribution in [0.15, 0.2) is 156 Å². The zero-order valence-corrected chi connectivity index (χ0v) is 49.0. The molecule has 2 aromatic heterocycles. The van der Waals surface area contributed by atoms with Crippen molar-refractivity contribution in [2.24, 2.45) is 9.98 Å². The number of carbonyl (C=O) groups is 4. The molecule has 0 saturated carbocycles. The van der Waals surface area contributed by atoms with E-state index in [-0.39, 0.29) is 58.5 Å². The molecule has 0 spiro atoms. The number of anilines is 2. The summed E-state index contributed by atoms with van der Waals surface area (Å²) in [6.45, 7) is 9.18. The van der Waals surface area contributed by atoms with E-state index in [4.69, 9.17) is 14.2 Å².